The molecule has 0 aromatic heterocycles. The van der Waals surface area contributed by atoms with E-state index in [-0.39, 0.29) is 5.41 Å². The summed E-state index contributed by atoms with van der Waals surface area (Å²) in [7, 11) is 0. The highest BCUT2D eigenvalue weighted by atomic mass is 16.3. The van der Waals surface area contributed by atoms with E-state index in [1.165, 1.54) is 64.7 Å². The maximum absolute atomic E-state index is 9.87. The van der Waals surface area contributed by atoms with Crippen molar-refractivity contribution in [1.82, 2.24) is 9.80 Å². The zero-order valence-electron chi connectivity index (χ0n) is 12.5. The van der Waals surface area contributed by atoms with Gasteiger partial charge in [0, 0.05) is 50.8 Å². The summed E-state index contributed by atoms with van der Waals surface area (Å²) in [6, 6.07) is 0.921. The molecule has 3 rings (SSSR count). The molecule has 0 radical (unpaired) electrons. The van der Waals surface area contributed by atoms with Crippen LogP contribution >= 0.6 is 0 Å². The van der Waals surface area contributed by atoms with E-state index in [1.807, 2.05) is 0 Å². The van der Waals surface area contributed by atoms with Gasteiger partial charge in [0.2, 0.25) is 0 Å². The minimum atomic E-state index is 0.217. The van der Waals surface area contributed by atoms with Gasteiger partial charge in [-0.3, -0.25) is 4.90 Å². The maximum atomic E-state index is 9.87. The van der Waals surface area contributed by atoms with Crippen LogP contribution in [0, 0.1) is 11.3 Å². The van der Waals surface area contributed by atoms with Gasteiger partial charge in [0.1, 0.15) is 0 Å². The molecule has 3 fully saturated rings. The lowest BCUT2D eigenvalue weighted by atomic mass is 9.71. The Morgan fingerprint density at radius 2 is 1.63 bits per heavy atom. The second-order valence-corrected chi connectivity index (χ2v) is 7.38. The fraction of sp³-hybridized carbons (Fsp3) is 1.00. The first-order valence-electron chi connectivity index (χ1n) is 8.28. The molecule has 1 N–H and O–H groups in total. The predicted octanol–water partition coefficient (Wildman–Crippen LogP) is 1.96. The molecular formula is C16H30N2O. The van der Waals surface area contributed by atoms with Crippen molar-refractivity contribution < 1.29 is 5.11 Å². The quantitative estimate of drug-likeness (QED) is 0.842. The monoisotopic (exact) mass is 266 g/mol. The molecule has 0 aromatic rings. The molecule has 0 aromatic carbocycles. The van der Waals surface area contributed by atoms with Crippen LogP contribution in [0.1, 0.15) is 45.4 Å². The van der Waals surface area contributed by atoms with Crippen molar-refractivity contribution in [2.75, 3.05) is 39.3 Å². The third kappa shape index (κ3) is 3.32. The van der Waals surface area contributed by atoms with Gasteiger partial charge in [-0.1, -0.05) is 19.8 Å². The van der Waals surface area contributed by atoms with Gasteiger partial charge >= 0.3 is 0 Å². The average Bonchev–Trinajstić information content (AvgIpc) is 3.27. The molecule has 1 heterocycles. The summed E-state index contributed by atoms with van der Waals surface area (Å²) in [4.78, 5) is 5.29. The standard InChI is InChI=1S/C16H30N2O/c1-14-4-6-16(13-19,7-5-14)12-17-8-10-18(11-9-17)15-2-3-15/h14-15,19H,2-13H2,1H3. The summed E-state index contributed by atoms with van der Waals surface area (Å²) in [6.45, 7) is 8.82. The molecule has 1 saturated heterocycles. The SMILES string of the molecule is CC1CCC(CO)(CN2CCN(C3CC3)CC2)CC1. The molecule has 0 spiro atoms. The third-order valence-electron chi connectivity index (χ3n) is 5.70. The van der Waals surface area contributed by atoms with Gasteiger partial charge in [0.05, 0.1) is 0 Å². The van der Waals surface area contributed by atoms with Crippen LogP contribution < -0.4 is 0 Å². The number of aliphatic hydroxyl groups excluding tert-OH is 1. The first kappa shape index (κ1) is 13.8. The molecule has 0 amide bonds. The first-order valence-corrected chi connectivity index (χ1v) is 8.28. The smallest absolute Gasteiger partial charge is 0.0499 e. The van der Waals surface area contributed by atoms with Crippen LogP contribution in [0.2, 0.25) is 0 Å². The van der Waals surface area contributed by atoms with Gasteiger partial charge in [0.15, 0.2) is 0 Å². The van der Waals surface area contributed by atoms with Crippen molar-refractivity contribution >= 4 is 0 Å². The summed E-state index contributed by atoms with van der Waals surface area (Å²) >= 11 is 0. The van der Waals surface area contributed by atoms with Gasteiger partial charge in [-0.15, -0.1) is 0 Å². The Hall–Kier alpha value is -0.120. The Morgan fingerprint density at radius 3 is 2.16 bits per heavy atom. The van der Waals surface area contributed by atoms with Gasteiger partial charge in [-0.25, -0.2) is 0 Å². The van der Waals surface area contributed by atoms with Crippen molar-refractivity contribution in [3.05, 3.63) is 0 Å². The lowest BCUT2D eigenvalue weighted by Gasteiger charge is -2.44. The van der Waals surface area contributed by atoms with Gasteiger partial charge in [-0.2, -0.15) is 0 Å². The van der Waals surface area contributed by atoms with E-state index in [0.29, 0.717) is 6.61 Å². The van der Waals surface area contributed by atoms with Crippen molar-refractivity contribution in [2.45, 2.75) is 51.5 Å². The molecule has 0 unspecified atom stereocenters. The van der Waals surface area contributed by atoms with Crippen LogP contribution in [0.25, 0.3) is 0 Å². The van der Waals surface area contributed by atoms with Gasteiger partial charge in [0.25, 0.3) is 0 Å². The normalized spacial score (nSPS) is 38.5. The molecule has 0 bridgehead atoms. The van der Waals surface area contributed by atoms with Crippen LogP contribution in [-0.2, 0) is 0 Å². The molecule has 0 atom stereocenters. The molecule has 3 nitrogen and oxygen atoms in total. The van der Waals surface area contributed by atoms with Gasteiger partial charge < -0.3 is 10.0 Å². The van der Waals surface area contributed by atoms with E-state index in [2.05, 4.69) is 16.7 Å². The van der Waals surface area contributed by atoms with E-state index < -0.39 is 0 Å². The van der Waals surface area contributed by atoms with Crippen LogP contribution in [0.4, 0.5) is 0 Å². The number of hydrogen-bond acceptors (Lipinski definition) is 3. The zero-order valence-corrected chi connectivity index (χ0v) is 12.5. The highest BCUT2D eigenvalue weighted by Gasteiger charge is 2.37. The van der Waals surface area contributed by atoms with E-state index in [4.69, 9.17) is 0 Å². The zero-order chi connectivity index (χ0) is 13.3. The molecule has 2 aliphatic carbocycles. The lowest BCUT2D eigenvalue weighted by Crippen LogP contribution is -2.51. The predicted molar refractivity (Wildman–Crippen MR) is 78.2 cm³/mol. The molecule has 110 valence electrons. The van der Waals surface area contributed by atoms with E-state index in [0.717, 1.165) is 18.5 Å². The number of nitrogens with zero attached hydrogens (tertiary/aromatic N) is 2. The van der Waals surface area contributed by atoms with Gasteiger partial charge in [-0.05, 0) is 31.6 Å². The summed E-state index contributed by atoms with van der Waals surface area (Å²) in [6.07, 6.45) is 7.93. The van der Waals surface area contributed by atoms with Crippen molar-refractivity contribution in [3.63, 3.8) is 0 Å². The fourth-order valence-electron chi connectivity index (χ4n) is 3.94. The molecule has 3 heteroatoms. The van der Waals surface area contributed by atoms with E-state index in [1.54, 1.807) is 0 Å². The second-order valence-electron chi connectivity index (χ2n) is 7.38. The summed E-state index contributed by atoms with van der Waals surface area (Å²) in [5, 5.41) is 9.87. The molecule has 19 heavy (non-hydrogen) atoms. The van der Waals surface area contributed by atoms with Crippen LogP contribution in [0.5, 0.6) is 0 Å². The molecular weight excluding hydrogens is 236 g/mol. The number of hydrogen-bond donors (Lipinski definition) is 1. The topological polar surface area (TPSA) is 26.7 Å². The lowest BCUT2D eigenvalue weighted by molar-refractivity contribution is 0.0121. The number of piperazine rings is 1. The van der Waals surface area contributed by atoms with Crippen LogP contribution in [-0.4, -0.2) is 60.3 Å². The average molecular weight is 266 g/mol. The summed E-state index contributed by atoms with van der Waals surface area (Å²) in [5.41, 5.74) is 0.217. The van der Waals surface area contributed by atoms with Crippen molar-refractivity contribution in [1.29, 1.82) is 0 Å². The Kier molecular flexibility index (Phi) is 4.16. The Labute approximate surface area is 118 Å². The Balaban J connectivity index is 1.49. The summed E-state index contributed by atoms with van der Waals surface area (Å²) in [5.74, 6) is 0.867. The van der Waals surface area contributed by atoms with Crippen molar-refractivity contribution in [3.8, 4) is 0 Å². The Morgan fingerprint density at radius 1 is 1.00 bits per heavy atom. The molecule has 3 aliphatic rings. The van der Waals surface area contributed by atoms with Crippen molar-refractivity contribution in [2.24, 2.45) is 11.3 Å². The highest BCUT2D eigenvalue weighted by Crippen LogP contribution is 2.39. The second kappa shape index (κ2) is 5.71. The third-order valence-corrected chi connectivity index (χ3v) is 5.70. The number of aliphatic hydroxyl groups is 1. The maximum Gasteiger partial charge on any atom is 0.0499 e. The van der Waals surface area contributed by atoms with E-state index in [9.17, 15) is 5.11 Å². The van der Waals surface area contributed by atoms with E-state index >= 15 is 0 Å². The largest absolute Gasteiger partial charge is 0.396 e. The Bertz CT molecular complexity index is 287. The minimum absolute atomic E-state index is 0.217. The molecule has 1 aliphatic heterocycles. The highest BCUT2D eigenvalue weighted by molar-refractivity contribution is 4.91. The number of rotatable bonds is 4. The first-order chi connectivity index (χ1) is 9.21. The summed E-state index contributed by atoms with van der Waals surface area (Å²) < 4.78 is 0. The van der Waals surface area contributed by atoms with Crippen LogP contribution in [0.3, 0.4) is 0 Å². The fourth-order valence-corrected chi connectivity index (χ4v) is 3.94. The molecule has 2 saturated carbocycles. The minimum Gasteiger partial charge on any atom is -0.396 e. The van der Waals surface area contributed by atoms with Crippen LogP contribution in [0.15, 0.2) is 0 Å².